The van der Waals surface area contributed by atoms with E-state index >= 15 is 0 Å². The molecule has 1 aromatic carbocycles. The first-order chi connectivity index (χ1) is 5.65. The van der Waals surface area contributed by atoms with E-state index in [2.05, 4.69) is 0 Å². The van der Waals surface area contributed by atoms with Crippen LogP contribution >= 0.6 is 0 Å². The van der Waals surface area contributed by atoms with E-state index < -0.39 is 6.04 Å². The third kappa shape index (κ3) is 1.66. The van der Waals surface area contributed by atoms with Crippen LogP contribution in [0.15, 0.2) is 18.2 Å². The summed E-state index contributed by atoms with van der Waals surface area (Å²) in [5.74, 6) is 0.000972. The van der Waals surface area contributed by atoms with Crippen molar-refractivity contribution in [2.24, 2.45) is 5.73 Å². The zero-order chi connectivity index (χ0) is 9.14. The van der Waals surface area contributed by atoms with E-state index in [0.717, 1.165) is 0 Å². The van der Waals surface area contributed by atoms with Gasteiger partial charge < -0.3 is 21.1 Å². The van der Waals surface area contributed by atoms with E-state index in [9.17, 15) is 5.11 Å². The third-order valence-electron chi connectivity index (χ3n) is 1.61. The summed E-state index contributed by atoms with van der Waals surface area (Å²) in [7, 11) is 0. The van der Waals surface area contributed by atoms with Gasteiger partial charge in [0.2, 0.25) is 0 Å². The molecule has 4 nitrogen and oxygen atoms in total. The standard InChI is InChI=1S/C8H11NO3/c9-7(4-10)6-3-5(11)1-2-8(6)12/h1-3,7,10-12H,4,9H2/t7-/m0/s1. The fourth-order valence-corrected chi connectivity index (χ4v) is 0.937. The Hall–Kier alpha value is -1.26. The van der Waals surface area contributed by atoms with Crippen LogP contribution in [-0.2, 0) is 0 Å². The van der Waals surface area contributed by atoms with Crippen LogP contribution in [0.3, 0.4) is 0 Å². The first kappa shape index (κ1) is 8.83. The molecule has 0 saturated heterocycles. The Bertz CT molecular complexity index is 275. The molecule has 1 atom stereocenters. The molecular formula is C8H11NO3. The van der Waals surface area contributed by atoms with Crippen LogP contribution in [0, 0.1) is 0 Å². The highest BCUT2D eigenvalue weighted by Crippen LogP contribution is 2.26. The number of rotatable bonds is 2. The highest BCUT2D eigenvalue weighted by molar-refractivity contribution is 5.40. The maximum absolute atomic E-state index is 9.23. The second-order valence-electron chi connectivity index (χ2n) is 2.53. The maximum Gasteiger partial charge on any atom is 0.120 e. The summed E-state index contributed by atoms with van der Waals surface area (Å²) in [6.07, 6.45) is 0. The van der Waals surface area contributed by atoms with Crippen LogP contribution < -0.4 is 5.73 Å². The molecule has 0 aliphatic carbocycles. The monoisotopic (exact) mass is 169 g/mol. The van der Waals surface area contributed by atoms with Crippen LogP contribution in [0.2, 0.25) is 0 Å². The third-order valence-corrected chi connectivity index (χ3v) is 1.61. The lowest BCUT2D eigenvalue weighted by atomic mass is 10.1. The molecule has 0 aromatic heterocycles. The normalized spacial score (nSPS) is 12.8. The van der Waals surface area contributed by atoms with E-state index in [1.54, 1.807) is 0 Å². The molecule has 66 valence electrons. The Labute approximate surface area is 69.9 Å². The van der Waals surface area contributed by atoms with Gasteiger partial charge in [-0.2, -0.15) is 0 Å². The predicted octanol–water partition coefficient (Wildman–Crippen LogP) is 0.0899. The molecule has 0 radical (unpaired) electrons. The van der Waals surface area contributed by atoms with Gasteiger partial charge in [0.25, 0.3) is 0 Å². The SMILES string of the molecule is N[C@@H](CO)c1cc(O)ccc1O. The Morgan fingerprint density at radius 3 is 2.58 bits per heavy atom. The average Bonchev–Trinajstić information content (AvgIpc) is 2.08. The van der Waals surface area contributed by atoms with Gasteiger partial charge in [0.1, 0.15) is 11.5 Å². The average molecular weight is 169 g/mol. The van der Waals surface area contributed by atoms with E-state index in [1.165, 1.54) is 18.2 Å². The number of aromatic hydroxyl groups is 2. The molecule has 5 N–H and O–H groups in total. The van der Waals surface area contributed by atoms with Gasteiger partial charge in [0.15, 0.2) is 0 Å². The molecule has 1 rings (SSSR count). The van der Waals surface area contributed by atoms with Crippen LogP contribution in [-0.4, -0.2) is 21.9 Å². The summed E-state index contributed by atoms with van der Waals surface area (Å²) >= 11 is 0. The van der Waals surface area contributed by atoms with E-state index in [-0.39, 0.29) is 18.1 Å². The number of aliphatic hydroxyl groups excluding tert-OH is 1. The van der Waals surface area contributed by atoms with Gasteiger partial charge >= 0.3 is 0 Å². The number of aliphatic hydroxyl groups is 1. The number of phenolic OH excluding ortho intramolecular Hbond substituents is 2. The quantitative estimate of drug-likeness (QED) is 0.472. The second kappa shape index (κ2) is 3.42. The van der Waals surface area contributed by atoms with Gasteiger partial charge in [0, 0.05) is 5.56 Å². The Kier molecular flexibility index (Phi) is 2.52. The van der Waals surface area contributed by atoms with Gasteiger partial charge in [-0.1, -0.05) is 0 Å². The van der Waals surface area contributed by atoms with Crippen molar-refractivity contribution in [2.75, 3.05) is 6.61 Å². The minimum absolute atomic E-state index is 0.0191. The van der Waals surface area contributed by atoms with Gasteiger partial charge in [-0.25, -0.2) is 0 Å². The number of hydrogen-bond donors (Lipinski definition) is 4. The van der Waals surface area contributed by atoms with Crippen LogP contribution in [0.1, 0.15) is 11.6 Å². The molecule has 0 fully saturated rings. The van der Waals surface area contributed by atoms with E-state index in [1.807, 2.05) is 0 Å². The lowest BCUT2D eigenvalue weighted by molar-refractivity contribution is 0.265. The maximum atomic E-state index is 9.23. The predicted molar refractivity (Wildman–Crippen MR) is 43.8 cm³/mol. The first-order valence-corrected chi connectivity index (χ1v) is 3.53. The zero-order valence-corrected chi connectivity index (χ0v) is 6.44. The molecule has 0 aliphatic rings. The molecule has 4 heteroatoms. The summed E-state index contributed by atoms with van der Waals surface area (Å²) in [5.41, 5.74) is 5.79. The Balaban J connectivity index is 3.04. The van der Waals surface area contributed by atoms with Crippen molar-refractivity contribution >= 4 is 0 Å². The molecule has 0 amide bonds. The summed E-state index contributed by atoms with van der Waals surface area (Å²) < 4.78 is 0. The van der Waals surface area contributed by atoms with Crippen molar-refractivity contribution in [1.29, 1.82) is 0 Å². The number of phenols is 2. The largest absolute Gasteiger partial charge is 0.508 e. The summed E-state index contributed by atoms with van der Waals surface area (Å²) in [5, 5.41) is 27.0. The molecule has 12 heavy (non-hydrogen) atoms. The topological polar surface area (TPSA) is 86.7 Å². The van der Waals surface area contributed by atoms with Crippen molar-refractivity contribution in [3.8, 4) is 11.5 Å². The van der Waals surface area contributed by atoms with Gasteiger partial charge in [-0.3, -0.25) is 0 Å². The molecule has 0 aliphatic heterocycles. The Morgan fingerprint density at radius 2 is 2.00 bits per heavy atom. The van der Waals surface area contributed by atoms with E-state index in [4.69, 9.17) is 15.9 Å². The molecule has 1 aromatic rings. The van der Waals surface area contributed by atoms with Crippen molar-refractivity contribution in [2.45, 2.75) is 6.04 Å². The van der Waals surface area contributed by atoms with Crippen LogP contribution in [0.4, 0.5) is 0 Å². The molecular weight excluding hydrogens is 158 g/mol. The smallest absolute Gasteiger partial charge is 0.120 e. The lowest BCUT2D eigenvalue weighted by Crippen LogP contribution is -2.14. The Morgan fingerprint density at radius 1 is 1.33 bits per heavy atom. The zero-order valence-electron chi connectivity index (χ0n) is 6.44. The second-order valence-corrected chi connectivity index (χ2v) is 2.53. The summed E-state index contributed by atoms with van der Waals surface area (Å²) in [6, 6.07) is 3.36. The lowest BCUT2D eigenvalue weighted by Gasteiger charge is -2.10. The minimum atomic E-state index is -0.655. The van der Waals surface area contributed by atoms with Gasteiger partial charge in [-0.15, -0.1) is 0 Å². The fraction of sp³-hybridized carbons (Fsp3) is 0.250. The van der Waals surface area contributed by atoms with Gasteiger partial charge in [0.05, 0.1) is 12.6 Å². The van der Waals surface area contributed by atoms with Crippen molar-refractivity contribution in [1.82, 2.24) is 0 Å². The number of hydrogen-bond acceptors (Lipinski definition) is 4. The van der Waals surface area contributed by atoms with Crippen LogP contribution in [0.5, 0.6) is 11.5 Å². The van der Waals surface area contributed by atoms with Crippen LogP contribution in [0.25, 0.3) is 0 Å². The summed E-state index contributed by atoms with van der Waals surface area (Å²) in [6.45, 7) is -0.267. The molecule has 0 bridgehead atoms. The van der Waals surface area contributed by atoms with Gasteiger partial charge in [-0.05, 0) is 18.2 Å². The molecule has 0 heterocycles. The highest BCUT2D eigenvalue weighted by Gasteiger charge is 2.09. The molecule has 0 unspecified atom stereocenters. The first-order valence-electron chi connectivity index (χ1n) is 3.53. The molecule has 0 saturated carbocycles. The number of benzene rings is 1. The highest BCUT2D eigenvalue weighted by atomic mass is 16.3. The number of nitrogens with two attached hydrogens (primary N) is 1. The van der Waals surface area contributed by atoms with E-state index in [0.29, 0.717) is 5.56 Å². The van der Waals surface area contributed by atoms with Crippen molar-refractivity contribution in [3.05, 3.63) is 23.8 Å². The van der Waals surface area contributed by atoms with Crippen molar-refractivity contribution in [3.63, 3.8) is 0 Å². The molecule has 0 spiro atoms. The minimum Gasteiger partial charge on any atom is -0.508 e. The van der Waals surface area contributed by atoms with Crippen molar-refractivity contribution < 1.29 is 15.3 Å². The fourth-order valence-electron chi connectivity index (χ4n) is 0.937. The summed E-state index contributed by atoms with van der Waals surface area (Å²) in [4.78, 5) is 0.